The molecular formula is C18H12Cl2N2O2. The van der Waals surface area contributed by atoms with Crippen molar-refractivity contribution in [1.29, 1.82) is 0 Å². The zero-order chi connectivity index (χ0) is 17.1. The van der Waals surface area contributed by atoms with E-state index in [1.165, 1.54) is 0 Å². The molecule has 0 spiro atoms. The van der Waals surface area contributed by atoms with Gasteiger partial charge in [-0.2, -0.15) is 0 Å². The maximum absolute atomic E-state index is 12.1. The second-order valence-corrected chi connectivity index (χ2v) is 5.88. The number of carbonyl (C=O) groups excluding carboxylic acids is 2. The van der Waals surface area contributed by atoms with Gasteiger partial charge in [0.25, 0.3) is 0 Å². The SMILES string of the molecule is O=C(Nc1ccc2ccccc2c1)C(=O)Nc1c(Cl)cccc1Cl. The van der Waals surface area contributed by atoms with E-state index in [0.717, 1.165) is 10.8 Å². The van der Waals surface area contributed by atoms with Gasteiger partial charge in [0.1, 0.15) is 0 Å². The number of para-hydroxylation sites is 1. The predicted molar refractivity (Wildman–Crippen MR) is 97.7 cm³/mol. The van der Waals surface area contributed by atoms with E-state index in [-0.39, 0.29) is 15.7 Å². The Balaban J connectivity index is 1.75. The van der Waals surface area contributed by atoms with Crippen LogP contribution < -0.4 is 10.6 Å². The van der Waals surface area contributed by atoms with Crippen LogP contribution in [0, 0.1) is 0 Å². The quantitative estimate of drug-likeness (QED) is 0.651. The maximum atomic E-state index is 12.1. The number of amides is 2. The van der Waals surface area contributed by atoms with Crippen LogP contribution in [0.2, 0.25) is 10.0 Å². The van der Waals surface area contributed by atoms with Crippen molar-refractivity contribution in [2.75, 3.05) is 10.6 Å². The average molecular weight is 359 g/mol. The van der Waals surface area contributed by atoms with Crippen molar-refractivity contribution in [3.63, 3.8) is 0 Å². The number of nitrogens with one attached hydrogen (secondary N) is 2. The third-order valence-corrected chi connectivity index (χ3v) is 4.04. The lowest BCUT2D eigenvalue weighted by Crippen LogP contribution is -2.29. The molecule has 3 aromatic rings. The molecule has 6 heteroatoms. The third kappa shape index (κ3) is 3.50. The fourth-order valence-electron chi connectivity index (χ4n) is 2.24. The summed E-state index contributed by atoms with van der Waals surface area (Å²) in [5, 5.41) is 7.50. The van der Waals surface area contributed by atoms with E-state index in [9.17, 15) is 9.59 Å². The highest BCUT2D eigenvalue weighted by atomic mass is 35.5. The molecule has 3 rings (SSSR count). The van der Waals surface area contributed by atoms with Crippen molar-refractivity contribution in [2.45, 2.75) is 0 Å². The Hall–Kier alpha value is -2.56. The molecule has 0 radical (unpaired) electrons. The van der Waals surface area contributed by atoms with E-state index in [0.29, 0.717) is 5.69 Å². The van der Waals surface area contributed by atoms with E-state index in [2.05, 4.69) is 10.6 Å². The molecular weight excluding hydrogens is 347 g/mol. The summed E-state index contributed by atoms with van der Waals surface area (Å²) in [4.78, 5) is 24.1. The smallest absolute Gasteiger partial charge is 0.314 e. The lowest BCUT2D eigenvalue weighted by Gasteiger charge is -2.10. The number of hydrogen-bond donors (Lipinski definition) is 2. The first-order chi connectivity index (χ1) is 11.5. The lowest BCUT2D eigenvalue weighted by atomic mass is 10.1. The number of fused-ring (bicyclic) bond motifs is 1. The zero-order valence-electron chi connectivity index (χ0n) is 12.3. The molecule has 4 nitrogen and oxygen atoms in total. The molecule has 0 saturated heterocycles. The van der Waals surface area contributed by atoms with Gasteiger partial charge in [-0.1, -0.05) is 59.6 Å². The molecule has 0 fully saturated rings. The molecule has 3 aromatic carbocycles. The maximum Gasteiger partial charge on any atom is 0.314 e. The van der Waals surface area contributed by atoms with Gasteiger partial charge in [-0.05, 0) is 35.0 Å². The molecule has 0 atom stereocenters. The van der Waals surface area contributed by atoms with Crippen molar-refractivity contribution in [2.24, 2.45) is 0 Å². The summed E-state index contributed by atoms with van der Waals surface area (Å²) in [6.07, 6.45) is 0. The molecule has 0 saturated carbocycles. The van der Waals surface area contributed by atoms with Crippen LogP contribution in [0.1, 0.15) is 0 Å². The molecule has 0 aliphatic rings. The minimum absolute atomic E-state index is 0.208. The van der Waals surface area contributed by atoms with Gasteiger partial charge in [-0.15, -0.1) is 0 Å². The minimum Gasteiger partial charge on any atom is -0.318 e. The standard InChI is InChI=1S/C18H12Cl2N2O2/c19-14-6-3-7-15(20)16(14)22-18(24)17(23)21-13-9-8-11-4-1-2-5-12(11)10-13/h1-10H,(H,21,23)(H,22,24). The summed E-state index contributed by atoms with van der Waals surface area (Å²) >= 11 is 11.9. The van der Waals surface area contributed by atoms with Crippen molar-refractivity contribution < 1.29 is 9.59 Å². The van der Waals surface area contributed by atoms with E-state index >= 15 is 0 Å². The minimum atomic E-state index is -0.849. The first kappa shape index (κ1) is 16.3. The molecule has 0 aliphatic heterocycles. The highest BCUT2D eigenvalue weighted by Crippen LogP contribution is 2.29. The second-order valence-electron chi connectivity index (χ2n) is 5.07. The first-order valence-electron chi connectivity index (χ1n) is 7.10. The Bertz CT molecular complexity index is 921. The number of rotatable bonds is 2. The highest BCUT2D eigenvalue weighted by molar-refractivity contribution is 6.46. The van der Waals surface area contributed by atoms with E-state index in [4.69, 9.17) is 23.2 Å². The Labute approximate surface area is 148 Å². The monoisotopic (exact) mass is 358 g/mol. The Kier molecular flexibility index (Phi) is 4.69. The summed E-state index contributed by atoms with van der Waals surface area (Å²) in [5.41, 5.74) is 0.735. The molecule has 0 unspecified atom stereocenters. The predicted octanol–water partition coefficient (Wildman–Crippen LogP) is 4.72. The molecule has 24 heavy (non-hydrogen) atoms. The van der Waals surface area contributed by atoms with Gasteiger partial charge in [0.2, 0.25) is 0 Å². The molecule has 2 N–H and O–H groups in total. The summed E-state index contributed by atoms with van der Waals surface area (Å²) in [6.45, 7) is 0. The van der Waals surface area contributed by atoms with E-state index < -0.39 is 11.8 Å². The van der Waals surface area contributed by atoms with Gasteiger partial charge in [-0.3, -0.25) is 9.59 Å². The molecule has 0 aliphatic carbocycles. The van der Waals surface area contributed by atoms with Crippen LogP contribution in [0.4, 0.5) is 11.4 Å². The Morgan fingerprint density at radius 1 is 0.708 bits per heavy atom. The van der Waals surface area contributed by atoms with Gasteiger partial charge in [-0.25, -0.2) is 0 Å². The number of benzene rings is 3. The van der Waals surface area contributed by atoms with Gasteiger partial charge < -0.3 is 10.6 Å². The fraction of sp³-hybridized carbons (Fsp3) is 0. The highest BCUT2D eigenvalue weighted by Gasteiger charge is 2.17. The van der Waals surface area contributed by atoms with Crippen LogP contribution in [-0.2, 0) is 9.59 Å². The van der Waals surface area contributed by atoms with Crippen molar-refractivity contribution in [1.82, 2.24) is 0 Å². The molecule has 0 bridgehead atoms. The summed E-state index contributed by atoms with van der Waals surface area (Å²) in [7, 11) is 0. The van der Waals surface area contributed by atoms with Crippen LogP contribution >= 0.6 is 23.2 Å². The number of carbonyl (C=O) groups is 2. The fourth-order valence-corrected chi connectivity index (χ4v) is 2.73. The number of halogens is 2. The molecule has 0 heterocycles. The van der Waals surface area contributed by atoms with Gasteiger partial charge in [0.15, 0.2) is 0 Å². The number of anilines is 2. The van der Waals surface area contributed by atoms with Gasteiger partial charge in [0.05, 0.1) is 15.7 Å². The van der Waals surface area contributed by atoms with Crippen LogP contribution in [-0.4, -0.2) is 11.8 Å². The topological polar surface area (TPSA) is 58.2 Å². The zero-order valence-corrected chi connectivity index (χ0v) is 13.9. The van der Waals surface area contributed by atoms with E-state index in [1.54, 1.807) is 30.3 Å². The van der Waals surface area contributed by atoms with Crippen LogP contribution in [0.25, 0.3) is 10.8 Å². The van der Waals surface area contributed by atoms with Crippen molar-refractivity contribution >= 4 is 57.2 Å². The summed E-state index contributed by atoms with van der Waals surface area (Å²) < 4.78 is 0. The average Bonchev–Trinajstić information content (AvgIpc) is 2.58. The lowest BCUT2D eigenvalue weighted by molar-refractivity contribution is -0.132. The second kappa shape index (κ2) is 6.91. The normalized spacial score (nSPS) is 10.4. The van der Waals surface area contributed by atoms with Crippen LogP contribution in [0.3, 0.4) is 0 Å². The third-order valence-electron chi connectivity index (χ3n) is 3.41. The largest absolute Gasteiger partial charge is 0.318 e. The van der Waals surface area contributed by atoms with Crippen LogP contribution in [0.5, 0.6) is 0 Å². The molecule has 120 valence electrons. The van der Waals surface area contributed by atoms with E-state index in [1.807, 2.05) is 30.3 Å². The van der Waals surface area contributed by atoms with Crippen molar-refractivity contribution in [3.8, 4) is 0 Å². The van der Waals surface area contributed by atoms with Crippen LogP contribution in [0.15, 0.2) is 60.7 Å². The Morgan fingerprint density at radius 2 is 1.33 bits per heavy atom. The summed E-state index contributed by atoms with van der Waals surface area (Å²) in [5.74, 6) is -1.65. The Morgan fingerprint density at radius 3 is 2.04 bits per heavy atom. The summed E-state index contributed by atoms with van der Waals surface area (Å²) in [6, 6.07) is 17.9. The van der Waals surface area contributed by atoms with Gasteiger partial charge in [0, 0.05) is 5.69 Å². The number of hydrogen-bond acceptors (Lipinski definition) is 2. The molecule has 0 aromatic heterocycles. The first-order valence-corrected chi connectivity index (χ1v) is 7.85. The van der Waals surface area contributed by atoms with Gasteiger partial charge >= 0.3 is 11.8 Å². The van der Waals surface area contributed by atoms with Crippen molar-refractivity contribution in [3.05, 3.63) is 70.7 Å². The molecule has 2 amide bonds.